The Morgan fingerprint density at radius 2 is 1.81 bits per heavy atom. The summed E-state index contributed by atoms with van der Waals surface area (Å²) >= 11 is 0. The number of carbonyl (C=O) groups excluding carboxylic acids is 1. The molecule has 0 rings (SSSR count). The van der Waals surface area contributed by atoms with Gasteiger partial charge >= 0.3 is 5.97 Å². The molecule has 0 heterocycles. The van der Waals surface area contributed by atoms with Gasteiger partial charge in [0.2, 0.25) is 5.91 Å². The summed E-state index contributed by atoms with van der Waals surface area (Å²) in [6, 6.07) is 0.277. The maximum Gasteiger partial charge on any atom is 0.303 e. The van der Waals surface area contributed by atoms with E-state index in [0.29, 0.717) is 6.54 Å². The molecule has 0 fully saturated rings. The van der Waals surface area contributed by atoms with Gasteiger partial charge in [-0.15, -0.1) is 0 Å². The van der Waals surface area contributed by atoms with Crippen molar-refractivity contribution in [3.05, 3.63) is 0 Å². The summed E-state index contributed by atoms with van der Waals surface area (Å²) in [5.41, 5.74) is 0. The number of aliphatic carboxylic acids is 1. The Balaban J connectivity index is 3.78. The summed E-state index contributed by atoms with van der Waals surface area (Å²) in [7, 11) is 3.90. The molecule has 0 radical (unpaired) electrons. The zero-order valence-electron chi connectivity index (χ0n) is 10.5. The Morgan fingerprint density at radius 3 is 2.25 bits per heavy atom. The molecule has 2 unspecified atom stereocenters. The van der Waals surface area contributed by atoms with Crippen LogP contribution in [0.15, 0.2) is 0 Å². The van der Waals surface area contributed by atoms with Gasteiger partial charge in [-0.3, -0.25) is 9.59 Å². The normalized spacial score (nSPS) is 14.6. The first-order valence-corrected chi connectivity index (χ1v) is 5.47. The summed E-state index contributed by atoms with van der Waals surface area (Å²) in [6.07, 6.45) is 0.309. The summed E-state index contributed by atoms with van der Waals surface area (Å²) < 4.78 is 0. The molecule has 0 aromatic heterocycles. The Bertz CT molecular complexity index is 241. The maximum atomic E-state index is 11.4. The van der Waals surface area contributed by atoms with Crippen molar-refractivity contribution in [3.8, 4) is 0 Å². The van der Waals surface area contributed by atoms with E-state index in [1.807, 2.05) is 25.9 Å². The van der Waals surface area contributed by atoms with Gasteiger partial charge in [0.25, 0.3) is 0 Å². The molecule has 0 aromatic carbocycles. The Labute approximate surface area is 96.8 Å². The molecule has 5 heteroatoms. The summed E-state index contributed by atoms with van der Waals surface area (Å²) in [6.45, 7) is 4.37. The Hall–Kier alpha value is -1.10. The number of carbonyl (C=O) groups is 2. The van der Waals surface area contributed by atoms with Gasteiger partial charge in [0.15, 0.2) is 0 Å². The Kier molecular flexibility index (Phi) is 6.72. The molecule has 0 aliphatic heterocycles. The minimum atomic E-state index is -0.859. The van der Waals surface area contributed by atoms with Gasteiger partial charge in [-0.25, -0.2) is 0 Å². The molecule has 94 valence electrons. The number of carboxylic acids is 1. The molecular weight excluding hydrogens is 208 g/mol. The van der Waals surface area contributed by atoms with E-state index >= 15 is 0 Å². The number of carboxylic acid groups (broad SMARTS) is 1. The molecular formula is C11H22N2O3. The van der Waals surface area contributed by atoms with Crippen LogP contribution in [0, 0.1) is 5.92 Å². The van der Waals surface area contributed by atoms with Gasteiger partial charge in [0.05, 0.1) is 0 Å². The smallest absolute Gasteiger partial charge is 0.303 e. The Morgan fingerprint density at radius 1 is 1.25 bits per heavy atom. The SMILES string of the molecule is CC(CC(=O)O)CC(=O)NCC(C)N(C)C. The van der Waals surface area contributed by atoms with E-state index in [-0.39, 0.29) is 30.7 Å². The molecule has 0 saturated carbocycles. The van der Waals surface area contributed by atoms with E-state index in [0.717, 1.165) is 0 Å². The second-order valence-corrected chi connectivity index (χ2v) is 4.52. The fraction of sp³-hybridized carbons (Fsp3) is 0.818. The van der Waals surface area contributed by atoms with Crippen LogP contribution in [0.5, 0.6) is 0 Å². The van der Waals surface area contributed by atoms with Gasteiger partial charge in [-0.2, -0.15) is 0 Å². The molecule has 5 nitrogen and oxygen atoms in total. The topological polar surface area (TPSA) is 69.6 Å². The van der Waals surface area contributed by atoms with Crippen molar-refractivity contribution < 1.29 is 14.7 Å². The van der Waals surface area contributed by atoms with Crippen molar-refractivity contribution >= 4 is 11.9 Å². The van der Waals surface area contributed by atoms with E-state index in [9.17, 15) is 9.59 Å². The molecule has 0 spiro atoms. The molecule has 0 aromatic rings. The van der Waals surface area contributed by atoms with Gasteiger partial charge in [-0.05, 0) is 26.9 Å². The first-order chi connectivity index (χ1) is 7.32. The first-order valence-electron chi connectivity index (χ1n) is 5.47. The van der Waals surface area contributed by atoms with E-state index in [2.05, 4.69) is 5.32 Å². The van der Waals surface area contributed by atoms with Crippen LogP contribution in [0.25, 0.3) is 0 Å². The molecule has 0 aliphatic rings. The summed E-state index contributed by atoms with van der Waals surface area (Å²) in [4.78, 5) is 23.9. The number of hydrogen-bond acceptors (Lipinski definition) is 3. The quantitative estimate of drug-likeness (QED) is 0.670. The van der Waals surface area contributed by atoms with Crippen LogP contribution in [0.4, 0.5) is 0 Å². The largest absolute Gasteiger partial charge is 0.481 e. The summed E-state index contributed by atoms with van der Waals surface area (Å²) in [5.74, 6) is -1.06. The lowest BCUT2D eigenvalue weighted by molar-refractivity contribution is -0.138. The molecule has 16 heavy (non-hydrogen) atoms. The monoisotopic (exact) mass is 230 g/mol. The lowest BCUT2D eigenvalue weighted by atomic mass is 10.0. The van der Waals surface area contributed by atoms with Crippen LogP contribution >= 0.6 is 0 Å². The van der Waals surface area contributed by atoms with Crippen LogP contribution in [0.1, 0.15) is 26.7 Å². The molecule has 1 amide bonds. The minimum Gasteiger partial charge on any atom is -0.481 e. The molecule has 0 saturated heterocycles. The van der Waals surface area contributed by atoms with E-state index < -0.39 is 5.97 Å². The number of rotatable bonds is 7. The van der Waals surface area contributed by atoms with Gasteiger partial charge in [-0.1, -0.05) is 6.92 Å². The second-order valence-electron chi connectivity index (χ2n) is 4.52. The zero-order valence-corrected chi connectivity index (χ0v) is 10.5. The molecule has 2 N–H and O–H groups in total. The predicted molar refractivity (Wildman–Crippen MR) is 62.2 cm³/mol. The van der Waals surface area contributed by atoms with Crippen molar-refractivity contribution in [2.45, 2.75) is 32.7 Å². The van der Waals surface area contributed by atoms with Crippen molar-refractivity contribution in [1.82, 2.24) is 10.2 Å². The van der Waals surface area contributed by atoms with Gasteiger partial charge in [0, 0.05) is 25.4 Å². The molecule has 0 aliphatic carbocycles. The number of nitrogens with zero attached hydrogens (tertiary/aromatic N) is 1. The van der Waals surface area contributed by atoms with Gasteiger partial charge in [0.1, 0.15) is 0 Å². The van der Waals surface area contributed by atoms with Crippen LogP contribution < -0.4 is 5.32 Å². The summed E-state index contributed by atoms with van der Waals surface area (Å²) in [5, 5.41) is 11.3. The minimum absolute atomic E-state index is 0.0383. The van der Waals surface area contributed by atoms with Crippen molar-refractivity contribution in [3.63, 3.8) is 0 Å². The third kappa shape index (κ3) is 7.23. The van der Waals surface area contributed by atoms with E-state index in [1.165, 1.54) is 0 Å². The average molecular weight is 230 g/mol. The van der Waals surface area contributed by atoms with Crippen LogP contribution in [-0.2, 0) is 9.59 Å². The number of hydrogen-bond donors (Lipinski definition) is 2. The fourth-order valence-corrected chi connectivity index (χ4v) is 1.20. The third-order valence-corrected chi connectivity index (χ3v) is 2.53. The van der Waals surface area contributed by atoms with Crippen LogP contribution in [-0.4, -0.2) is 48.6 Å². The number of amides is 1. The lowest BCUT2D eigenvalue weighted by Crippen LogP contribution is -2.38. The standard InChI is InChI=1S/C11H22N2O3/c1-8(6-11(15)16)5-10(14)12-7-9(2)13(3)4/h8-9H,5-7H2,1-4H3,(H,12,14)(H,15,16). The maximum absolute atomic E-state index is 11.4. The molecule has 0 bridgehead atoms. The van der Waals surface area contributed by atoms with E-state index in [1.54, 1.807) is 6.92 Å². The highest BCUT2D eigenvalue weighted by molar-refractivity contribution is 5.77. The van der Waals surface area contributed by atoms with Crippen molar-refractivity contribution in [2.75, 3.05) is 20.6 Å². The fourth-order valence-electron chi connectivity index (χ4n) is 1.20. The highest BCUT2D eigenvalue weighted by Gasteiger charge is 2.13. The van der Waals surface area contributed by atoms with E-state index in [4.69, 9.17) is 5.11 Å². The second kappa shape index (κ2) is 7.22. The van der Waals surface area contributed by atoms with Gasteiger partial charge < -0.3 is 15.3 Å². The average Bonchev–Trinajstić information content (AvgIpc) is 2.12. The van der Waals surface area contributed by atoms with Crippen LogP contribution in [0.3, 0.4) is 0 Å². The zero-order chi connectivity index (χ0) is 12.7. The predicted octanol–water partition coefficient (Wildman–Crippen LogP) is 0.554. The molecule has 2 atom stereocenters. The van der Waals surface area contributed by atoms with Crippen LogP contribution in [0.2, 0.25) is 0 Å². The van der Waals surface area contributed by atoms with Crippen molar-refractivity contribution in [1.29, 1.82) is 0 Å². The number of nitrogens with one attached hydrogen (secondary N) is 1. The third-order valence-electron chi connectivity index (χ3n) is 2.53. The highest BCUT2D eigenvalue weighted by atomic mass is 16.4. The van der Waals surface area contributed by atoms with Crippen molar-refractivity contribution in [2.24, 2.45) is 5.92 Å². The lowest BCUT2D eigenvalue weighted by Gasteiger charge is -2.20. The first kappa shape index (κ1) is 14.9. The highest BCUT2D eigenvalue weighted by Crippen LogP contribution is 2.06. The number of likely N-dealkylation sites (N-methyl/N-ethyl adjacent to an activating group) is 1.